The number of ether oxygens (including phenoxy) is 2. The molecule has 1 saturated carbocycles. The van der Waals surface area contributed by atoms with Gasteiger partial charge < -0.3 is 29.8 Å². The molecule has 4 heterocycles. The molecule has 15 nitrogen and oxygen atoms in total. The number of amides is 1. The van der Waals surface area contributed by atoms with Crippen LogP contribution in [0.3, 0.4) is 0 Å². The molecule has 65 heavy (non-hydrogen) atoms. The summed E-state index contributed by atoms with van der Waals surface area (Å²) >= 11 is 6.25. The topological polar surface area (TPSA) is 192 Å². The highest BCUT2D eigenvalue weighted by atomic mass is 35.5. The number of sulfonamides is 1. The zero-order valence-corrected chi connectivity index (χ0v) is 38.3. The molecule has 2 aromatic heterocycles. The fraction of sp³-hybridized carbons (Fsp3) is 0.417. The van der Waals surface area contributed by atoms with E-state index in [-0.39, 0.29) is 46.7 Å². The van der Waals surface area contributed by atoms with E-state index >= 15 is 0 Å². The highest BCUT2D eigenvalue weighted by Gasteiger charge is 2.38. The monoisotopic (exact) mass is 923 g/mol. The Morgan fingerprint density at radius 3 is 2.52 bits per heavy atom. The van der Waals surface area contributed by atoms with Gasteiger partial charge in [0.2, 0.25) is 0 Å². The molecule has 2 fully saturated rings. The van der Waals surface area contributed by atoms with E-state index in [1.54, 1.807) is 31.3 Å². The minimum atomic E-state index is -4.67. The molecule has 4 aliphatic rings. The van der Waals surface area contributed by atoms with Crippen LogP contribution in [0, 0.1) is 21.4 Å². The lowest BCUT2D eigenvalue weighted by Gasteiger charge is -2.39. The summed E-state index contributed by atoms with van der Waals surface area (Å²) in [6.45, 7) is 10.5. The van der Waals surface area contributed by atoms with Gasteiger partial charge in [-0.25, -0.2) is 18.1 Å². The fourth-order valence-electron chi connectivity index (χ4n) is 9.68. The summed E-state index contributed by atoms with van der Waals surface area (Å²) in [5.41, 5.74) is 4.52. The molecule has 5 aromatic rings. The van der Waals surface area contributed by atoms with E-state index in [4.69, 9.17) is 21.1 Å². The standard InChI is InChI=1S/C48H54ClN7O8S/c1-47(2)14-10-33(39(26-47)30-4-6-34(49)7-5-30)28-54-18-20-55(21-19-54)35-8-9-38(42(23-35)64-36-22-32-13-17-50-45(32)51-27-36)46(57)53-65(61,62)37-24-41(56(59)60)44-43(25-37)63-29-40(52-44)31-11-15-48(3,58)16-12-31/h4-9,13,17,22-25,27,31,40,52,58H,10-12,14-16,18-21,26,28-29H2,1-3H3,(H,50,51)(H,53,57). The van der Waals surface area contributed by atoms with E-state index in [0.717, 1.165) is 61.1 Å². The Morgan fingerprint density at radius 1 is 1.03 bits per heavy atom. The Hall–Kier alpha value is -5.68. The first-order chi connectivity index (χ1) is 31.0. The molecule has 0 spiro atoms. The first-order valence-corrected chi connectivity index (χ1v) is 24.1. The number of hydrogen-bond acceptors (Lipinski definition) is 12. The maximum atomic E-state index is 14.1. The number of carbonyl (C=O) groups is 1. The Bertz CT molecular complexity index is 2770. The van der Waals surface area contributed by atoms with Gasteiger partial charge in [-0.1, -0.05) is 43.2 Å². The number of fused-ring (bicyclic) bond motifs is 2. The van der Waals surface area contributed by atoms with Crippen molar-refractivity contribution >= 4 is 61.2 Å². The summed E-state index contributed by atoms with van der Waals surface area (Å²) in [5.74, 6) is -0.445. The SMILES string of the molecule is CC1(C)CCC(CN2CCN(c3ccc(C(=O)NS(=O)(=O)c4cc5c(c([N+](=O)[O-])c4)NC(C4CCC(C)(O)CC4)CO5)c(Oc4cnc5[nH]ccc5c4)c3)CC2)=C(c2ccc(Cl)cc2)C1. The van der Waals surface area contributed by atoms with E-state index in [2.05, 4.69) is 55.8 Å². The minimum Gasteiger partial charge on any atom is -0.489 e. The first-order valence-electron chi connectivity index (χ1n) is 22.2. The maximum Gasteiger partial charge on any atom is 0.297 e. The van der Waals surface area contributed by atoms with Crippen molar-refractivity contribution in [1.82, 2.24) is 19.6 Å². The summed E-state index contributed by atoms with van der Waals surface area (Å²) in [4.78, 5) is 37.5. The average molecular weight is 925 g/mol. The highest BCUT2D eigenvalue weighted by molar-refractivity contribution is 7.90. The number of piperazine rings is 1. The number of benzene rings is 3. The number of nitro groups is 1. The van der Waals surface area contributed by atoms with Gasteiger partial charge in [0.05, 0.1) is 33.2 Å². The number of nitrogens with one attached hydrogen (secondary N) is 3. The van der Waals surface area contributed by atoms with Crippen LogP contribution in [-0.2, 0) is 10.0 Å². The van der Waals surface area contributed by atoms with Crippen molar-refractivity contribution in [2.45, 2.75) is 82.3 Å². The smallest absolute Gasteiger partial charge is 0.297 e. The molecule has 2 aliphatic carbocycles. The molecule has 1 atom stereocenters. The summed E-state index contributed by atoms with van der Waals surface area (Å²) < 4.78 is 42.3. The van der Waals surface area contributed by atoms with Crippen molar-refractivity contribution in [3.63, 3.8) is 0 Å². The third-order valence-electron chi connectivity index (χ3n) is 13.6. The number of hydrogen-bond donors (Lipinski definition) is 4. The lowest BCUT2D eigenvalue weighted by molar-refractivity contribution is -0.384. The quantitative estimate of drug-likeness (QED) is 0.0728. The van der Waals surface area contributed by atoms with Crippen LogP contribution in [0.2, 0.25) is 5.02 Å². The lowest BCUT2D eigenvalue weighted by atomic mass is 9.72. The van der Waals surface area contributed by atoms with Crippen LogP contribution >= 0.6 is 11.6 Å². The van der Waals surface area contributed by atoms with Crippen LogP contribution in [0.15, 0.2) is 89.6 Å². The number of aromatic amines is 1. The predicted molar refractivity (Wildman–Crippen MR) is 251 cm³/mol. The molecule has 0 bridgehead atoms. The second kappa shape index (κ2) is 17.6. The zero-order chi connectivity index (χ0) is 45.7. The molecule has 0 radical (unpaired) electrons. The number of rotatable bonds is 11. The van der Waals surface area contributed by atoms with Gasteiger partial charge in [0.15, 0.2) is 11.4 Å². The molecular formula is C48H54ClN7O8S. The Morgan fingerprint density at radius 2 is 1.78 bits per heavy atom. The summed E-state index contributed by atoms with van der Waals surface area (Å²) in [7, 11) is -4.67. The molecular weight excluding hydrogens is 870 g/mol. The normalized spacial score (nSPS) is 22.4. The molecule has 3 aromatic carbocycles. The summed E-state index contributed by atoms with van der Waals surface area (Å²) in [6.07, 6.45) is 9.05. The van der Waals surface area contributed by atoms with Crippen molar-refractivity contribution in [3.05, 3.63) is 111 Å². The van der Waals surface area contributed by atoms with Gasteiger partial charge in [0.25, 0.3) is 21.6 Å². The van der Waals surface area contributed by atoms with E-state index in [9.17, 15) is 28.4 Å². The van der Waals surface area contributed by atoms with Gasteiger partial charge in [-0.2, -0.15) is 0 Å². The lowest BCUT2D eigenvalue weighted by Crippen LogP contribution is -2.47. The summed E-state index contributed by atoms with van der Waals surface area (Å²) in [6, 6.07) is 18.7. The molecule has 342 valence electrons. The van der Waals surface area contributed by atoms with Gasteiger partial charge in [0.1, 0.15) is 23.8 Å². The number of halogens is 1. The second-order valence-electron chi connectivity index (χ2n) is 19.0. The van der Waals surface area contributed by atoms with Crippen molar-refractivity contribution in [3.8, 4) is 17.2 Å². The number of allylic oxidation sites excluding steroid dienone is 1. The van der Waals surface area contributed by atoms with Crippen LogP contribution < -0.4 is 24.4 Å². The van der Waals surface area contributed by atoms with Gasteiger partial charge in [-0.05, 0) is 111 Å². The van der Waals surface area contributed by atoms with Gasteiger partial charge in [0, 0.05) is 73.2 Å². The number of nitrogens with zero attached hydrogens (tertiary/aromatic N) is 4. The zero-order valence-electron chi connectivity index (χ0n) is 36.7. The van der Waals surface area contributed by atoms with Crippen molar-refractivity contribution < 1.29 is 32.7 Å². The van der Waals surface area contributed by atoms with Gasteiger partial charge in [-0.15, -0.1) is 0 Å². The van der Waals surface area contributed by atoms with Crippen molar-refractivity contribution in [1.29, 1.82) is 0 Å². The minimum absolute atomic E-state index is 0.00591. The van der Waals surface area contributed by atoms with E-state index in [0.29, 0.717) is 50.2 Å². The van der Waals surface area contributed by atoms with Crippen molar-refractivity contribution in [2.24, 2.45) is 11.3 Å². The Labute approximate surface area is 383 Å². The maximum absolute atomic E-state index is 14.1. The van der Waals surface area contributed by atoms with Crippen LogP contribution in [0.25, 0.3) is 16.6 Å². The highest BCUT2D eigenvalue weighted by Crippen LogP contribution is 2.45. The fourth-order valence-corrected chi connectivity index (χ4v) is 10.8. The number of aromatic nitrogens is 2. The largest absolute Gasteiger partial charge is 0.489 e. The summed E-state index contributed by atoms with van der Waals surface area (Å²) in [5, 5.41) is 27.5. The molecule has 1 unspecified atom stereocenters. The van der Waals surface area contributed by atoms with Crippen LogP contribution in [-0.4, -0.2) is 90.2 Å². The van der Waals surface area contributed by atoms with Gasteiger partial charge >= 0.3 is 0 Å². The number of anilines is 2. The third kappa shape index (κ3) is 9.81. The Kier molecular flexibility index (Phi) is 12.1. The number of pyridine rings is 1. The Balaban J connectivity index is 0.940. The number of aliphatic hydroxyl groups is 1. The number of carbonyl (C=O) groups excluding carboxylic acids is 1. The molecule has 9 rings (SSSR count). The van der Waals surface area contributed by atoms with Crippen molar-refractivity contribution in [2.75, 3.05) is 49.5 Å². The first kappa shape index (κ1) is 44.5. The van der Waals surface area contributed by atoms with Gasteiger partial charge in [-0.3, -0.25) is 19.8 Å². The van der Waals surface area contributed by atoms with Crippen LogP contribution in [0.1, 0.15) is 81.6 Å². The van der Waals surface area contributed by atoms with E-state index in [1.165, 1.54) is 35.0 Å². The molecule has 17 heteroatoms. The number of H-pyrrole nitrogens is 1. The molecule has 2 aliphatic heterocycles. The third-order valence-corrected chi connectivity index (χ3v) is 15.1. The molecule has 1 saturated heterocycles. The predicted octanol–water partition coefficient (Wildman–Crippen LogP) is 8.94. The molecule has 4 N–H and O–H groups in total. The van der Waals surface area contributed by atoms with Crippen LogP contribution in [0.5, 0.6) is 17.2 Å². The van der Waals surface area contributed by atoms with Crippen LogP contribution in [0.4, 0.5) is 17.1 Å². The van der Waals surface area contributed by atoms with E-state index in [1.807, 2.05) is 18.2 Å². The molecule has 1 amide bonds. The number of nitro benzene ring substituents is 1. The second-order valence-corrected chi connectivity index (χ2v) is 21.1. The average Bonchev–Trinajstić information content (AvgIpc) is 3.75. The van der Waals surface area contributed by atoms with E-state index < -0.39 is 37.0 Å².